The first-order valence-corrected chi connectivity index (χ1v) is 11.5. The molecule has 0 atom stereocenters. The van der Waals surface area contributed by atoms with E-state index in [2.05, 4.69) is 44.5 Å². The van der Waals surface area contributed by atoms with Crippen LogP contribution >= 0.6 is 0 Å². The number of aryl methyl sites for hydroxylation is 1. The standard InChI is InChI=1S/C26H26N6O2/c1-18-10-11-21-22(29-18)8-5-9-23(21)30-25-24(32(33)34)26(28-17-27-25)31-14-12-20(13-15-31)16-19-6-3-2-4-7-19/h2-11,17,20H,12-16H2,1H3,(H,27,28,30). The van der Waals surface area contributed by atoms with Crippen LogP contribution in [-0.4, -0.2) is 33.0 Å². The predicted octanol–water partition coefficient (Wildman–Crippen LogP) is 5.44. The highest BCUT2D eigenvalue weighted by Gasteiger charge is 2.30. The smallest absolute Gasteiger partial charge is 0.351 e. The molecule has 2 aromatic heterocycles. The van der Waals surface area contributed by atoms with E-state index in [1.165, 1.54) is 11.9 Å². The topological polar surface area (TPSA) is 97.1 Å². The molecule has 0 unspecified atom stereocenters. The first-order chi connectivity index (χ1) is 16.6. The molecule has 0 bridgehead atoms. The van der Waals surface area contributed by atoms with E-state index in [0.29, 0.717) is 11.7 Å². The summed E-state index contributed by atoms with van der Waals surface area (Å²) in [5.41, 5.74) is 3.69. The zero-order valence-corrected chi connectivity index (χ0v) is 19.0. The Bertz CT molecular complexity index is 1320. The monoisotopic (exact) mass is 454 g/mol. The molecule has 4 aromatic rings. The van der Waals surface area contributed by atoms with E-state index >= 15 is 0 Å². The maximum Gasteiger partial charge on any atom is 0.353 e. The number of piperidine rings is 1. The van der Waals surface area contributed by atoms with Crippen molar-refractivity contribution in [2.75, 3.05) is 23.3 Å². The second-order valence-corrected chi connectivity index (χ2v) is 8.72. The molecule has 0 spiro atoms. The quantitative estimate of drug-likeness (QED) is 0.306. The number of fused-ring (bicyclic) bond motifs is 1. The number of benzene rings is 2. The fourth-order valence-corrected chi connectivity index (χ4v) is 4.65. The van der Waals surface area contributed by atoms with Crippen molar-refractivity contribution in [1.29, 1.82) is 0 Å². The number of pyridine rings is 1. The predicted molar refractivity (Wildman–Crippen MR) is 134 cm³/mol. The molecule has 1 saturated heterocycles. The van der Waals surface area contributed by atoms with Crippen LogP contribution < -0.4 is 10.2 Å². The molecule has 0 saturated carbocycles. The van der Waals surface area contributed by atoms with Crippen LogP contribution in [0.15, 0.2) is 67.0 Å². The van der Waals surface area contributed by atoms with Crippen molar-refractivity contribution in [1.82, 2.24) is 15.0 Å². The van der Waals surface area contributed by atoms with Crippen molar-refractivity contribution in [2.24, 2.45) is 5.92 Å². The van der Waals surface area contributed by atoms with E-state index in [9.17, 15) is 10.1 Å². The first-order valence-electron chi connectivity index (χ1n) is 11.5. The normalized spacial score (nSPS) is 14.3. The summed E-state index contributed by atoms with van der Waals surface area (Å²) in [6.07, 6.45) is 4.36. The van der Waals surface area contributed by atoms with Gasteiger partial charge in [-0.15, -0.1) is 0 Å². The maximum absolute atomic E-state index is 12.1. The van der Waals surface area contributed by atoms with Crippen LogP contribution in [-0.2, 0) is 6.42 Å². The maximum atomic E-state index is 12.1. The van der Waals surface area contributed by atoms with Crippen LogP contribution in [0.3, 0.4) is 0 Å². The van der Waals surface area contributed by atoms with Crippen LogP contribution in [0.5, 0.6) is 0 Å². The summed E-state index contributed by atoms with van der Waals surface area (Å²) in [4.78, 5) is 26.9. The number of rotatable bonds is 6. The van der Waals surface area contributed by atoms with Gasteiger partial charge in [0.1, 0.15) is 6.33 Å². The van der Waals surface area contributed by atoms with Gasteiger partial charge >= 0.3 is 5.69 Å². The largest absolute Gasteiger partial charge is 0.353 e. The number of hydrogen-bond donors (Lipinski definition) is 1. The Kier molecular flexibility index (Phi) is 6.03. The van der Waals surface area contributed by atoms with Gasteiger partial charge in [0.2, 0.25) is 11.6 Å². The van der Waals surface area contributed by atoms with Crippen molar-refractivity contribution in [3.05, 3.63) is 88.4 Å². The zero-order valence-electron chi connectivity index (χ0n) is 19.0. The fraction of sp³-hybridized carbons (Fsp3) is 0.269. The number of anilines is 3. The van der Waals surface area contributed by atoms with E-state index in [4.69, 9.17) is 0 Å². The summed E-state index contributed by atoms with van der Waals surface area (Å²) >= 11 is 0. The third kappa shape index (κ3) is 4.52. The number of aromatic nitrogens is 3. The lowest BCUT2D eigenvalue weighted by molar-refractivity contribution is -0.383. The average molecular weight is 455 g/mol. The number of hydrogen-bond acceptors (Lipinski definition) is 7. The molecule has 0 aliphatic carbocycles. The fourth-order valence-electron chi connectivity index (χ4n) is 4.65. The lowest BCUT2D eigenvalue weighted by Gasteiger charge is -2.32. The molecule has 0 amide bonds. The van der Waals surface area contributed by atoms with Gasteiger partial charge in [0.25, 0.3) is 0 Å². The van der Waals surface area contributed by atoms with E-state index in [0.717, 1.165) is 54.6 Å². The molecule has 8 heteroatoms. The van der Waals surface area contributed by atoms with Crippen LogP contribution in [0.2, 0.25) is 0 Å². The summed E-state index contributed by atoms with van der Waals surface area (Å²) in [7, 11) is 0. The van der Waals surface area contributed by atoms with Crippen molar-refractivity contribution in [3.8, 4) is 0 Å². The third-order valence-electron chi connectivity index (χ3n) is 6.39. The molecule has 34 heavy (non-hydrogen) atoms. The minimum Gasteiger partial charge on any atom is -0.351 e. The van der Waals surface area contributed by atoms with E-state index < -0.39 is 0 Å². The van der Waals surface area contributed by atoms with Crippen molar-refractivity contribution < 1.29 is 4.92 Å². The molecule has 1 fully saturated rings. The van der Waals surface area contributed by atoms with Gasteiger partial charge < -0.3 is 10.2 Å². The van der Waals surface area contributed by atoms with Crippen molar-refractivity contribution in [2.45, 2.75) is 26.2 Å². The van der Waals surface area contributed by atoms with E-state index in [1.54, 1.807) is 0 Å². The van der Waals surface area contributed by atoms with Crippen molar-refractivity contribution in [3.63, 3.8) is 0 Å². The summed E-state index contributed by atoms with van der Waals surface area (Å²) in [5, 5.41) is 16.2. The molecule has 8 nitrogen and oxygen atoms in total. The van der Waals surface area contributed by atoms with Gasteiger partial charge in [0.05, 0.1) is 10.4 Å². The number of nitro groups is 1. The summed E-state index contributed by atoms with van der Waals surface area (Å²) in [6, 6.07) is 20.0. The van der Waals surface area contributed by atoms with Crippen LogP contribution in [0.25, 0.3) is 10.9 Å². The molecule has 0 radical (unpaired) electrons. The highest BCUT2D eigenvalue weighted by atomic mass is 16.6. The highest BCUT2D eigenvalue weighted by molar-refractivity contribution is 5.94. The summed E-state index contributed by atoms with van der Waals surface area (Å²) in [6.45, 7) is 3.39. The Morgan fingerprint density at radius 2 is 1.82 bits per heavy atom. The highest BCUT2D eigenvalue weighted by Crippen LogP contribution is 2.37. The average Bonchev–Trinajstić information content (AvgIpc) is 2.85. The molecule has 3 heterocycles. The molecule has 5 rings (SSSR count). The Hall–Kier alpha value is -4.07. The molecule has 172 valence electrons. The molecule has 1 aliphatic rings. The second kappa shape index (κ2) is 9.43. The first kappa shape index (κ1) is 21.8. The Labute approximate surface area is 197 Å². The zero-order chi connectivity index (χ0) is 23.5. The Morgan fingerprint density at radius 1 is 1.03 bits per heavy atom. The Morgan fingerprint density at radius 3 is 2.59 bits per heavy atom. The SMILES string of the molecule is Cc1ccc2c(Nc3ncnc(N4CCC(Cc5ccccc5)CC4)c3[N+](=O)[O-])cccc2n1. The van der Waals surface area contributed by atoms with Gasteiger partial charge in [-0.05, 0) is 61.9 Å². The summed E-state index contributed by atoms with van der Waals surface area (Å²) in [5.74, 6) is 1.12. The minimum absolute atomic E-state index is 0.0962. The van der Waals surface area contributed by atoms with Gasteiger partial charge in [-0.2, -0.15) is 0 Å². The van der Waals surface area contributed by atoms with Crippen LogP contribution in [0.1, 0.15) is 24.1 Å². The van der Waals surface area contributed by atoms with Crippen LogP contribution in [0.4, 0.5) is 23.0 Å². The van der Waals surface area contributed by atoms with Crippen LogP contribution in [0, 0.1) is 23.0 Å². The molecular weight excluding hydrogens is 428 g/mol. The van der Waals surface area contributed by atoms with E-state index in [1.807, 2.05) is 48.2 Å². The lowest BCUT2D eigenvalue weighted by Crippen LogP contribution is -2.35. The van der Waals surface area contributed by atoms with Crippen molar-refractivity contribution >= 4 is 33.9 Å². The lowest BCUT2D eigenvalue weighted by atomic mass is 9.90. The summed E-state index contributed by atoms with van der Waals surface area (Å²) < 4.78 is 0. The molecule has 1 N–H and O–H groups in total. The van der Waals surface area contributed by atoms with Gasteiger partial charge in [-0.3, -0.25) is 15.1 Å². The van der Waals surface area contributed by atoms with Gasteiger partial charge in [0.15, 0.2) is 0 Å². The Balaban J connectivity index is 1.39. The third-order valence-corrected chi connectivity index (χ3v) is 6.39. The number of nitrogens with zero attached hydrogens (tertiary/aromatic N) is 5. The molecule has 2 aromatic carbocycles. The van der Waals surface area contributed by atoms with Gasteiger partial charge in [-0.1, -0.05) is 36.4 Å². The number of nitrogens with one attached hydrogen (secondary N) is 1. The van der Waals surface area contributed by atoms with E-state index in [-0.39, 0.29) is 16.4 Å². The van der Waals surface area contributed by atoms with Gasteiger partial charge in [-0.25, -0.2) is 9.97 Å². The second-order valence-electron chi connectivity index (χ2n) is 8.72. The molecule has 1 aliphatic heterocycles. The molecular formula is C26H26N6O2. The van der Waals surface area contributed by atoms with Gasteiger partial charge in [0, 0.05) is 29.9 Å². The minimum atomic E-state index is -0.388.